The number of benzene rings is 2. The molecule has 148 valence electrons. The van der Waals surface area contributed by atoms with Gasteiger partial charge in [0.25, 0.3) is 0 Å². The van der Waals surface area contributed by atoms with Crippen molar-refractivity contribution in [1.29, 1.82) is 0 Å². The number of ether oxygens (including phenoxy) is 2. The van der Waals surface area contributed by atoms with Crippen molar-refractivity contribution in [3.05, 3.63) is 48.0 Å². The fourth-order valence-corrected chi connectivity index (χ4v) is 2.64. The smallest absolute Gasteiger partial charge is 0.323 e. The van der Waals surface area contributed by atoms with Gasteiger partial charge in [0, 0.05) is 19.2 Å². The Hall–Kier alpha value is -3.55. The number of imide groups is 1. The van der Waals surface area contributed by atoms with Crippen LogP contribution < -0.4 is 25.4 Å². The predicted octanol–water partition coefficient (Wildman–Crippen LogP) is 1.52. The van der Waals surface area contributed by atoms with Crippen molar-refractivity contribution in [2.75, 3.05) is 31.4 Å². The highest BCUT2D eigenvalue weighted by Gasteiger charge is 2.26. The predicted molar refractivity (Wildman–Crippen MR) is 105 cm³/mol. The number of nitrogen functional groups attached to an aromatic ring is 1. The molecule has 0 bridgehead atoms. The number of nitrogens with one attached hydrogen (secondary N) is 1. The number of carbonyl (C=O) groups excluding carboxylic acids is 3. The Labute approximate surface area is 163 Å². The van der Waals surface area contributed by atoms with E-state index in [0.29, 0.717) is 23.6 Å². The summed E-state index contributed by atoms with van der Waals surface area (Å²) in [6.45, 7) is 1.42. The van der Waals surface area contributed by atoms with Crippen LogP contribution in [-0.4, -0.2) is 38.5 Å². The van der Waals surface area contributed by atoms with Crippen LogP contribution in [0.25, 0.3) is 0 Å². The summed E-state index contributed by atoms with van der Waals surface area (Å²) in [6, 6.07) is 11.6. The van der Waals surface area contributed by atoms with Crippen LogP contribution in [0.4, 0.5) is 11.4 Å². The maximum atomic E-state index is 12.4. The molecule has 0 aromatic heterocycles. The second-order valence-corrected chi connectivity index (χ2v) is 5.95. The zero-order valence-corrected chi connectivity index (χ0v) is 16.0. The van der Waals surface area contributed by atoms with Gasteiger partial charge in [-0.05, 0) is 42.3 Å². The summed E-state index contributed by atoms with van der Waals surface area (Å²) in [5, 5.41) is 2.53. The third kappa shape index (κ3) is 5.00. The average Bonchev–Trinajstić information content (AvgIpc) is 2.67. The normalized spacial score (nSPS) is 10.1. The van der Waals surface area contributed by atoms with Gasteiger partial charge in [-0.1, -0.05) is 12.1 Å². The summed E-state index contributed by atoms with van der Waals surface area (Å²) in [4.78, 5) is 37.3. The van der Waals surface area contributed by atoms with E-state index in [4.69, 9.17) is 15.2 Å². The lowest BCUT2D eigenvalue weighted by molar-refractivity contribution is -0.139. The van der Waals surface area contributed by atoms with Crippen LogP contribution >= 0.6 is 0 Å². The number of nitrogens with two attached hydrogens (primary N) is 1. The first-order chi connectivity index (χ1) is 13.4. The summed E-state index contributed by atoms with van der Waals surface area (Å²) >= 11 is 0. The zero-order chi connectivity index (χ0) is 20.7. The van der Waals surface area contributed by atoms with E-state index in [9.17, 15) is 14.4 Å². The SMILES string of the molecule is COc1ccc(CCNC(=O)C(=O)N(C(C)=O)c2cccc(N)c2)cc1OC. The number of amides is 3. The molecule has 0 atom stereocenters. The van der Waals surface area contributed by atoms with E-state index < -0.39 is 17.7 Å². The second kappa shape index (κ2) is 9.40. The summed E-state index contributed by atoms with van der Waals surface area (Å²) < 4.78 is 10.4. The van der Waals surface area contributed by atoms with Gasteiger partial charge in [0.05, 0.1) is 19.9 Å². The van der Waals surface area contributed by atoms with Gasteiger partial charge in [-0.3, -0.25) is 14.4 Å². The van der Waals surface area contributed by atoms with E-state index in [2.05, 4.69) is 5.32 Å². The average molecular weight is 385 g/mol. The molecule has 0 heterocycles. The highest BCUT2D eigenvalue weighted by Crippen LogP contribution is 2.27. The molecule has 8 nitrogen and oxygen atoms in total. The van der Waals surface area contributed by atoms with Gasteiger partial charge < -0.3 is 20.5 Å². The summed E-state index contributed by atoms with van der Waals surface area (Å²) in [6.07, 6.45) is 0.470. The molecule has 2 rings (SSSR count). The Bertz CT molecular complexity index is 882. The standard InChI is InChI=1S/C20H23N3O5/c1-13(24)23(16-6-4-5-15(21)12-16)20(26)19(25)22-10-9-14-7-8-17(27-2)18(11-14)28-3/h4-8,11-12H,9-10,21H2,1-3H3,(H,22,25). The Balaban J connectivity index is 2.01. The summed E-state index contributed by atoms with van der Waals surface area (Å²) in [5.74, 6) is -1.24. The van der Waals surface area contributed by atoms with Crippen LogP contribution in [0.15, 0.2) is 42.5 Å². The van der Waals surface area contributed by atoms with Crippen LogP contribution in [0.2, 0.25) is 0 Å². The maximum Gasteiger partial charge on any atom is 0.323 e. The van der Waals surface area contributed by atoms with Gasteiger partial charge >= 0.3 is 11.8 Å². The lowest BCUT2D eigenvalue weighted by Crippen LogP contribution is -2.46. The first-order valence-corrected chi connectivity index (χ1v) is 8.56. The third-order valence-electron chi connectivity index (χ3n) is 3.99. The van der Waals surface area contributed by atoms with Crippen molar-refractivity contribution in [1.82, 2.24) is 5.32 Å². The molecular weight excluding hydrogens is 362 g/mol. The molecule has 0 aliphatic rings. The number of hydrogen-bond donors (Lipinski definition) is 2. The van der Waals surface area contributed by atoms with Gasteiger partial charge in [0.1, 0.15) is 0 Å². The monoisotopic (exact) mass is 385 g/mol. The third-order valence-corrected chi connectivity index (χ3v) is 3.99. The molecule has 3 amide bonds. The zero-order valence-electron chi connectivity index (χ0n) is 16.0. The van der Waals surface area contributed by atoms with Crippen molar-refractivity contribution in [3.8, 4) is 11.5 Å². The fourth-order valence-electron chi connectivity index (χ4n) is 2.64. The van der Waals surface area contributed by atoms with E-state index in [-0.39, 0.29) is 12.2 Å². The minimum Gasteiger partial charge on any atom is -0.493 e. The Morgan fingerprint density at radius 1 is 1.04 bits per heavy atom. The molecule has 0 radical (unpaired) electrons. The molecular formula is C20H23N3O5. The number of nitrogens with zero attached hydrogens (tertiary/aromatic N) is 1. The Morgan fingerprint density at radius 2 is 1.75 bits per heavy atom. The summed E-state index contributed by atoms with van der Waals surface area (Å²) in [5.41, 5.74) is 7.21. The number of carbonyl (C=O) groups is 3. The van der Waals surface area contributed by atoms with E-state index in [1.54, 1.807) is 31.4 Å². The van der Waals surface area contributed by atoms with Gasteiger partial charge in [-0.25, -0.2) is 4.90 Å². The molecule has 28 heavy (non-hydrogen) atoms. The number of methoxy groups -OCH3 is 2. The molecule has 0 spiro atoms. The van der Waals surface area contributed by atoms with Crippen molar-refractivity contribution in [2.45, 2.75) is 13.3 Å². The maximum absolute atomic E-state index is 12.4. The van der Waals surface area contributed by atoms with Gasteiger partial charge in [0.15, 0.2) is 11.5 Å². The van der Waals surface area contributed by atoms with Gasteiger partial charge in [-0.15, -0.1) is 0 Å². The number of hydrogen-bond acceptors (Lipinski definition) is 6. The van der Waals surface area contributed by atoms with E-state index in [0.717, 1.165) is 10.5 Å². The molecule has 0 fully saturated rings. The van der Waals surface area contributed by atoms with Crippen LogP contribution in [0.5, 0.6) is 11.5 Å². The molecule has 8 heteroatoms. The van der Waals surface area contributed by atoms with Crippen LogP contribution in [0.3, 0.4) is 0 Å². The minimum atomic E-state index is -0.967. The molecule has 0 saturated carbocycles. The first kappa shape index (κ1) is 20.8. The molecule has 0 aliphatic heterocycles. The highest BCUT2D eigenvalue weighted by molar-refractivity contribution is 6.45. The quantitative estimate of drug-likeness (QED) is 0.576. The second-order valence-electron chi connectivity index (χ2n) is 5.95. The molecule has 3 N–H and O–H groups in total. The van der Waals surface area contributed by atoms with Crippen molar-refractivity contribution >= 4 is 29.1 Å². The molecule has 0 unspecified atom stereocenters. The largest absolute Gasteiger partial charge is 0.493 e. The van der Waals surface area contributed by atoms with Gasteiger partial charge in [0.2, 0.25) is 5.91 Å². The topological polar surface area (TPSA) is 111 Å². The van der Waals surface area contributed by atoms with Crippen molar-refractivity contribution in [2.24, 2.45) is 0 Å². The van der Waals surface area contributed by atoms with Crippen LogP contribution in [0.1, 0.15) is 12.5 Å². The lowest BCUT2D eigenvalue weighted by atomic mass is 10.1. The van der Waals surface area contributed by atoms with E-state index in [1.807, 2.05) is 6.07 Å². The van der Waals surface area contributed by atoms with Crippen LogP contribution in [0, 0.1) is 0 Å². The van der Waals surface area contributed by atoms with Crippen LogP contribution in [-0.2, 0) is 20.8 Å². The Morgan fingerprint density at radius 3 is 2.36 bits per heavy atom. The molecule has 0 saturated heterocycles. The minimum absolute atomic E-state index is 0.211. The molecule has 2 aromatic carbocycles. The van der Waals surface area contributed by atoms with Crippen molar-refractivity contribution in [3.63, 3.8) is 0 Å². The summed E-state index contributed by atoms with van der Waals surface area (Å²) in [7, 11) is 3.08. The fraction of sp³-hybridized carbons (Fsp3) is 0.250. The Kier molecular flexibility index (Phi) is 6.97. The molecule has 2 aromatic rings. The van der Waals surface area contributed by atoms with Crippen molar-refractivity contribution < 1.29 is 23.9 Å². The number of rotatable bonds is 6. The van der Waals surface area contributed by atoms with E-state index >= 15 is 0 Å². The molecule has 0 aliphatic carbocycles. The highest BCUT2D eigenvalue weighted by atomic mass is 16.5. The van der Waals surface area contributed by atoms with E-state index in [1.165, 1.54) is 26.2 Å². The first-order valence-electron chi connectivity index (χ1n) is 8.56. The van der Waals surface area contributed by atoms with Gasteiger partial charge in [-0.2, -0.15) is 0 Å². The lowest BCUT2D eigenvalue weighted by Gasteiger charge is -2.19. The number of anilines is 2.